The van der Waals surface area contributed by atoms with Crippen molar-refractivity contribution >= 4 is 42.2 Å². The lowest BCUT2D eigenvalue weighted by molar-refractivity contribution is 0.609. The van der Waals surface area contributed by atoms with Crippen LogP contribution in [0.5, 0.6) is 0 Å². The highest BCUT2D eigenvalue weighted by Gasteiger charge is 2.14. The van der Waals surface area contributed by atoms with Crippen molar-refractivity contribution in [2.45, 2.75) is 24.7 Å². The van der Waals surface area contributed by atoms with Crippen molar-refractivity contribution in [2.75, 3.05) is 0 Å². The zero-order valence-electron chi connectivity index (χ0n) is 9.68. The number of halogens is 2. The van der Waals surface area contributed by atoms with Gasteiger partial charge in [-0.15, -0.1) is 0 Å². The fourth-order valence-electron chi connectivity index (χ4n) is 1.50. The first-order valence-corrected chi connectivity index (χ1v) is 7.89. The Kier molecular flexibility index (Phi) is 3.49. The summed E-state index contributed by atoms with van der Waals surface area (Å²) in [6.45, 7) is 3.91. The Hall–Kier alpha value is -0.910. The lowest BCUT2D eigenvalue weighted by Gasteiger charge is -2.07. The molecule has 2 aromatic rings. The Bertz CT molecular complexity index is 714. The molecule has 96 valence electrons. The molecule has 4 nitrogen and oxygen atoms in total. The predicted molar refractivity (Wildman–Crippen MR) is 71.7 cm³/mol. The second kappa shape index (κ2) is 4.64. The minimum atomic E-state index is -3.78. The number of aromatic nitrogens is 2. The van der Waals surface area contributed by atoms with Crippen LogP contribution in [0.25, 0.3) is 10.9 Å². The van der Waals surface area contributed by atoms with Gasteiger partial charge in [0.1, 0.15) is 11.0 Å². The molecule has 0 saturated heterocycles. The molecule has 0 radical (unpaired) electrons. The first-order valence-electron chi connectivity index (χ1n) is 5.21. The Morgan fingerprint density at radius 1 is 1.22 bits per heavy atom. The van der Waals surface area contributed by atoms with Crippen LogP contribution in [0.1, 0.15) is 25.6 Å². The molecule has 0 aliphatic heterocycles. The first kappa shape index (κ1) is 13.5. The summed E-state index contributed by atoms with van der Waals surface area (Å²) in [6, 6.07) is 4.35. The summed E-state index contributed by atoms with van der Waals surface area (Å²) in [5.41, 5.74) is 0.600. The third-order valence-corrected chi connectivity index (χ3v) is 4.08. The van der Waals surface area contributed by atoms with Crippen molar-refractivity contribution < 1.29 is 8.42 Å². The van der Waals surface area contributed by atoms with E-state index in [0.717, 1.165) is 0 Å². The van der Waals surface area contributed by atoms with Gasteiger partial charge >= 0.3 is 0 Å². The largest absolute Gasteiger partial charge is 0.261 e. The fourth-order valence-corrected chi connectivity index (χ4v) is 2.51. The minimum absolute atomic E-state index is 0.0144. The summed E-state index contributed by atoms with van der Waals surface area (Å²) in [7, 11) is 1.50. The van der Waals surface area contributed by atoms with Crippen molar-refractivity contribution in [1.82, 2.24) is 9.97 Å². The summed E-state index contributed by atoms with van der Waals surface area (Å²) >= 11 is 6.04. The van der Waals surface area contributed by atoms with Gasteiger partial charge in [0.15, 0.2) is 0 Å². The molecular formula is C11H10Cl2N2O2S. The Morgan fingerprint density at radius 2 is 1.89 bits per heavy atom. The van der Waals surface area contributed by atoms with Gasteiger partial charge in [0, 0.05) is 22.0 Å². The molecule has 0 aliphatic carbocycles. The number of rotatable bonds is 2. The summed E-state index contributed by atoms with van der Waals surface area (Å²) in [4.78, 5) is 8.45. The summed E-state index contributed by atoms with van der Waals surface area (Å²) in [6.07, 6.45) is 0. The van der Waals surface area contributed by atoms with E-state index < -0.39 is 9.05 Å². The van der Waals surface area contributed by atoms with Gasteiger partial charge in [-0.05, 0) is 18.2 Å². The third-order valence-electron chi connectivity index (χ3n) is 2.44. The SMILES string of the molecule is CC(C)c1nc(Cl)c2cc(S(=O)(=O)Cl)ccc2n1. The molecule has 18 heavy (non-hydrogen) atoms. The molecule has 0 fully saturated rings. The van der Waals surface area contributed by atoms with Crippen molar-refractivity contribution in [3.8, 4) is 0 Å². The molecule has 7 heteroatoms. The maximum Gasteiger partial charge on any atom is 0.261 e. The molecule has 0 unspecified atom stereocenters. The highest BCUT2D eigenvalue weighted by atomic mass is 35.7. The van der Waals surface area contributed by atoms with Gasteiger partial charge in [-0.1, -0.05) is 25.4 Å². The van der Waals surface area contributed by atoms with Crippen LogP contribution in [-0.2, 0) is 9.05 Å². The van der Waals surface area contributed by atoms with E-state index in [4.69, 9.17) is 22.3 Å². The number of hydrogen-bond acceptors (Lipinski definition) is 4. The number of hydrogen-bond donors (Lipinski definition) is 0. The van der Waals surface area contributed by atoms with Crippen LogP contribution in [0.2, 0.25) is 5.15 Å². The van der Waals surface area contributed by atoms with Gasteiger partial charge in [0.05, 0.1) is 10.4 Å². The van der Waals surface area contributed by atoms with Crippen LogP contribution in [0, 0.1) is 0 Å². The van der Waals surface area contributed by atoms with Gasteiger partial charge in [0.25, 0.3) is 9.05 Å². The third kappa shape index (κ3) is 2.58. The quantitative estimate of drug-likeness (QED) is 0.630. The van der Waals surface area contributed by atoms with Crippen LogP contribution in [0.4, 0.5) is 0 Å². The normalized spacial score (nSPS) is 12.3. The summed E-state index contributed by atoms with van der Waals surface area (Å²) < 4.78 is 22.5. The lowest BCUT2D eigenvalue weighted by atomic mass is 10.2. The van der Waals surface area contributed by atoms with Crippen LogP contribution >= 0.6 is 22.3 Å². The fraction of sp³-hybridized carbons (Fsp3) is 0.273. The molecular weight excluding hydrogens is 295 g/mol. The molecule has 0 saturated carbocycles. The number of nitrogens with zero attached hydrogens (tertiary/aromatic N) is 2. The maximum absolute atomic E-state index is 11.2. The van der Waals surface area contributed by atoms with Crippen molar-refractivity contribution in [1.29, 1.82) is 0 Å². The zero-order chi connectivity index (χ0) is 13.5. The van der Waals surface area contributed by atoms with E-state index in [2.05, 4.69) is 9.97 Å². The molecule has 0 atom stereocenters. The van der Waals surface area contributed by atoms with E-state index in [0.29, 0.717) is 16.7 Å². The standard InChI is InChI=1S/C11H10Cl2N2O2S/c1-6(2)11-14-9-4-3-7(18(13,16)17)5-8(9)10(12)15-11/h3-6H,1-2H3. The van der Waals surface area contributed by atoms with Crippen LogP contribution in [0.15, 0.2) is 23.1 Å². The zero-order valence-corrected chi connectivity index (χ0v) is 12.0. The molecule has 0 bridgehead atoms. The van der Waals surface area contributed by atoms with Crippen molar-refractivity contribution in [3.05, 3.63) is 29.2 Å². The number of benzene rings is 1. The van der Waals surface area contributed by atoms with Gasteiger partial charge in [-0.25, -0.2) is 18.4 Å². The molecule has 0 aliphatic rings. The monoisotopic (exact) mass is 304 g/mol. The Labute approximate surface area is 114 Å². The van der Waals surface area contributed by atoms with E-state index >= 15 is 0 Å². The van der Waals surface area contributed by atoms with E-state index in [9.17, 15) is 8.42 Å². The van der Waals surface area contributed by atoms with Gasteiger partial charge in [0.2, 0.25) is 0 Å². The second-order valence-electron chi connectivity index (χ2n) is 4.14. The molecule has 0 amide bonds. The van der Waals surface area contributed by atoms with E-state index in [1.807, 2.05) is 13.8 Å². The molecule has 0 spiro atoms. The van der Waals surface area contributed by atoms with Crippen molar-refractivity contribution in [2.24, 2.45) is 0 Å². The molecule has 1 aromatic carbocycles. The van der Waals surface area contributed by atoms with Crippen LogP contribution in [-0.4, -0.2) is 18.4 Å². The first-order chi connectivity index (χ1) is 8.29. The molecule has 1 heterocycles. The average Bonchev–Trinajstić information content (AvgIpc) is 2.27. The van der Waals surface area contributed by atoms with Crippen LogP contribution < -0.4 is 0 Å². The van der Waals surface area contributed by atoms with E-state index in [1.165, 1.54) is 12.1 Å². The van der Waals surface area contributed by atoms with Gasteiger partial charge in [-0.2, -0.15) is 0 Å². The Balaban J connectivity index is 2.73. The van der Waals surface area contributed by atoms with Crippen LogP contribution in [0.3, 0.4) is 0 Å². The second-order valence-corrected chi connectivity index (χ2v) is 7.07. The lowest BCUT2D eigenvalue weighted by Crippen LogP contribution is -1.99. The molecule has 2 rings (SSSR count). The summed E-state index contributed by atoms with van der Waals surface area (Å²) in [5, 5.41) is 0.702. The predicted octanol–water partition coefficient (Wildman–Crippen LogP) is 3.33. The topological polar surface area (TPSA) is 59.9 Å². The maximum atomic E-state index is 11.2. The highest BCUT2D eigenvalue weighted by molar-refractivity contribution is 8.13. The van der Waals surface area contributed by atoms with Crippen molar-refractivity contribution in [3.63, 3.8) is 0 Å². The Morgan fingerprint density at radius 3 is 2.44 bits per heavy atom. The number of fused-ring (bicyclic) bond motifs is 1. The smallest absolute Gasteiger partial charge is 0.233 e. The van der Waals surface area contributed by atoms with E-state index in [-0.39, 0.29) is 16.0 Å². The molecule has 1 aromatic heterocycles. The van der Waals surface area contributed by atoms with Gasteiger partial charge < -0.3 is 0 Å². The minimum Gasteiger partial charge on any atom is -0.233 e. The molecule has 0 N–H and O–H groups in total. The van der Waals surface area contributed by atoms with E-state index in [1.54, 1.807) is 6.07 Å². The van der Waals surface area contributed by atoms with Gasteiger partial charge in [-0.3, -0.25) is 0 Å². The highest BCUT2D eigenvalue weighted by Crippen LogP contribution is 2.26. The average molecular weight is 305 g/mol. The summed E-state index contributed by atoms with van der Waals surface area (Å²) in [5.74, 6) is 0.761.